The molecule has 1 unspecified atom stereocenters. The summed E-state index contributed by atoms with van der Waals surface area (Å²) < 4.78 is 46.9. The molecule has 17 heteroatoms. The maximum atomic E-state index is 13.7. The van der Waals surface area contributed by atoms with Crippen LogP contribution in [-0.4, -0.2) is 154 Å². The van der Waals surface area contributed by atoms with Gasteiger partial charge in [-0.05, 0) is 52.7 Å². The van der Waals surface area contributed by atoms with Crippen molar-refractivity contribution in [1.82, 2.24) is 19.7 Å². The third-order valence-corrected chi connectivity index (χ3v) is 12.1. The SMILES string of the molecule is C/C=C1\CC2C=Nc3cc(OCc4cc(OCCN(CCOCCOCCOC)CC(C)(C)S)cc(COc5cc6c(cc5OC)C(=O)N5C/C(=C/C)C[C@H]5C=N6)n4)c(OC)cc3C(=O)N2C1. The van der Waals surface area contributed by atoms with Gasteiger partial charge in [0.1, 0.15) is 25.6 Å². The number of methoxy groups -OCH3 is 3. The van der Waals surface area contributed by atoms with Gasteiger partial charge in [-0.15, -0.1) is 0 Å². The summed E-state index contributed by atoms with van der Waals surface area (Å²) in [5, 5.41) is 0. The number of hydrogen-bond donors (Lipinski definition) is 1. The van der Waals surface area contributed by atoms with Gasteiger partial charge in [0.15, 0.2) is 23.0 Å². The van der Waals surface area contributed by atoms with E-state index in [4.69, 9.17) is 65.5 Å². The van der Waals surface area contributed by atoms with Crippen molar-refractivity contribution in [2.24, 2.45) is 9.98 Å². The first-order chi connectivity index (χ1) is 32.4. The number of fused-ring (bicyclic) bond motifs is 4. The van der Waals surface area contributed by atoms with Crippen molar-refractivity contribution in [1.29, 1.82) is 0 Å². The Morgan fingerprint density at radius 2 is 1.16 bits per heavy atom. The lowest BCUT2D eigenvalue weighted by molar-refractivity contribution is 0.0184. The van der Waals surface area contributed by atoms with Crippen molar-refractivity contribution in [2.75, 3.05) is 93.7 Å². The van der Waals surface area contributed by atoms with E-state index >= 15 is 0 Å². The standard InChI is InChI=1S/C50H64N6O10S/c1-8-33-18-37-26-51-42-24-46(44(60-6)22-40(42)48(57)55(37)28-33)65-30-35-20-39(64-13-11-54(32-50(3,4)67)10-12-62-16-17-63-15-14-59-5)21-36(53-35)31-66-47-25-43-41(23-45(47)61-7)49(58)56-29-34(9-2)19-38(56)27-52-43/h8-9,20-27,37-38,67H,10-19,28-32H2,1-7H3/b33-8+,34-9+/t37-,38?/m0/s1. The number of hydrogen-bond acceptors (Lipinski definition) is 15. The fourth-order valence-electron chi connectivity index (χ4n) is 8.45. The number of amides is 2. The molecular weight excluding hydrogens is 877 g/mol. The molecule has 2 amide bonds. The number of thiol groups is 1. The Morgan fingerprint density at radius 1 is 0.672 bits per heavy atom. The second-order valence-corrected chi connectivity index (χ2v) is 18.6. The van der Waals surface area contributed by atoms with Crippen LogP contribution in [-0.2, 0) is 27.4 Å². The van der Waals surface area contributed by atoms with Crippen molar-refractivity contribution in [3.63, 3.8) is 0 Å². The van der Waals surface area contributed by atoms with E-state index in [0.717, 1.165) is 12.8 Å². The molecule has 0 bridgehead atoms. The summed E-state index contributed by atoms with van der Waals surface area (Å²) in [6.07, 6.45) is 9.31. The Morgan fingerprint density at radius 3 is 1.64 bits per heavy atom. The highest BCUT2D eigenvalue weighted by Crippen LogP contribution is 2.41. The predicted octanol–water partition coefficient (Wildman–Crippen LogP) is 7.08. The van der Waals surface area contributed by atoms with E-state index in [9.17, 15) is 9.59 Å². The number of nitrogens with zero attached hydrogens (tertiary/aromatic N) is 6. The van der Waals surface area contributed by atoms with Crippen LogP contribution < -0.4 is 23.7 Å². The van der Waals surface area contributed by atoms with Gasteiger partial charge in [-0.2, -0.15) is 12.6 Å². The largest absolute Gasteiger partial charge is 0.493 e. The normalized spacial score (nSPS) is 18.8. The molecule has 4 aliphatic heterocycles. The quantitative estimate of drug-likeness (QED) is 0.0587. The molecule has 1 aromatic heterocycles. The summed E-state index contributed by atoms with van der Waals surface area (Å²) >= 11 is 4.81. The zero-order valence-corrected chi connectivity index (χ0v) is 40.6. The van der Waals surface area contributed by atoms with Gasteiger partial charge in [-0.1, -0.05) is 23.3 Å². The molecule has 2 saturated heterocycles. The fraction of sp³-hybridized carbons (Fsp3) is 0.500. The van der Waals surface area contributed by atoms with E-state index in [1.807, 2.05) is 48.2 Å². The van der Waals surface area contributed by atoms with Crippen molar-refractivity contribution < 1.29 is 47.5 Å². The maximum absolute atomic E-state index is 13.7. The molecule has 0 saturated carbocycles. The number of aromatic nitrogens is 1. The van der Waals surface area contributed by atoms with Gasteiger partial charge in [0.25, 0.3) is 11.8 Å². The van der Waals surface area contributed by atoms with Crippen molar-refractivity contribution >= 4 is 48.2 Å². The number of pyridine rings is 1. The first-order valence-electron chi connectivity index (χ1n) is 22.8. The fourth-order valence-corrected chi connectivity index (χ4v) is 8.65. The maximum Gasteiger partial charge on any atom is 0.257 e. The number of carbonyl (C=O) groups is 2. The lowest BCUT2D eigenvalue weighted by atomic mass is 10.1. The molecule has 3 aromatic rings. The molecular formula is C50H64N6O10S. The van der Waals surface area contributed by atoms with Crippen LogP contribution in [0.5, 0.6) is 28.7 Å². The Bertz CT molecular complexity index is 2230. The molecule has 360 valence electrons. The van der Waals surface area contributed by atoms with Crippen LogP contribution in [0, 0.1) is 0 Å². The Labute approximate surface area is 399 Å². The third kappa shape index (κ3) is 12.8. The molecule has 0 N–H and O–H groups in total. The van der Waals surface area contributed by atoms with Crippen LogP contribution in [0.25, 0.3) is 0 Å². The minimum atomic E-state index is -0.251. The smallest absolute Gasteiger partial charge is 0.257 e. The summed E-state index contributed by atoms with van der Waals surface area (Å²) in [6.45, 7) is 14.3. The van der Waals surface area contributed by atoms with Crippen LogP contribution in [0.1, 0.15) is 72.6 Å². The van der Waals surface area contributed by atoms with E-state index in [0.29, 0.717) is 135 Å². The molecule has 7 rings (SSSR count). The number of benzene rings is 2. The van der Waals surface area contributed by atoms with Crippen molar-refractivity contribution in [3.05, 3.63) is 82.2 Å². The number of allylic oxidation sites excluding steroid dienone is 2. The van der Waals surface area contributed by atoms with Crippen LogP contribution in [0.2, 0.25) is 0 Å². The number of ether oxygens (including phenoxy) is 8. The number of rotatable bonds is 23. The second-order valence-electron chi connectivity index (χ2n) is 17.4. The minimum Gasteiger partial charge on any atom is -0.493 e. The molecule has 5 heterocycles. The molecule has 2 atom stereocenters. The summed E-state index contributed by atoms with van der Waals surface area (Å²) in [4.78, 5) is 47.8. The van der Waals surface area contributed by atoms with Crippen LogP contribution >= 0.6 is 12.6 Å². The monoisotopic (exact) mass is 940 g/mol. The topological polar surface area (TPSA) is 155 Å². The highest BCUT2D eigenvalue weighted by atomic mass is 32.1. The van der Waals surface area contributed by atoms with Gasteiger partial charge < -0.3 is 47.7 Å². The zero-order valence-electron chi connectivity index (χ0n) is 39.7. The zero-order chi connectivity index (χ0) is 47.5. The van der Waals surface area contributed by atoms with Gasteiger partial charge in [-0.25, -0.2) is 0 Å². The average molecular weight is 941 g/mol. The highest BCUT2D eigenvalue weighted by Gasteiger charge is 2.36. The summed E-state index contributed by atoms with van der Waals surface area (Å²) in [6, 6.07) is 10.3. The van der Waals surface area contributed by atoms with Gasteiger partial charge in [-0.3, -0.25) is 29.5 Å². The summed E-state index contributed by atoms with van der Waals surface area (Å²) in [5.41, 5.74) is 5.45. The molecule has 0 spiro atoms. The second kappa shape index (κ2) is 23.0. The molecule has 67 heavy (non-hydrogen) atoms. The third-order valence-electron chi connectivity index (χ3n) is 11.9. The first kappa shape index (κ1) is 49.4. The molecule has 2 fully saturated rings. The van der Waals surface area contributed by atoms with Gasteiger partial charge in [0.2, 0.25) is 0 Å². The van der Waals surface area contributed by atoms with Gasteiger partial charge in [0.05, 0.1) is 93.2 Å². The molecule has 16 nitrogen and oxygen atoms in total. The minimum absolute atomic E-state index is 0.0362. The molecule has 2 aromatic carbocycles. The molecule has 0 aliphatic carbocycles. The van der Waals surface area contributed by atoms with E-state index in [1.165, 1.54) is 11.1 Å². The van der Waals surface area contributed by atoms with E-state index < -0.39 is 0 Å². The van der Waals surface area contributed by atoms with Crippen molar-refractivity contribution in [3.8, 4) is 28.7 Å². The summed E-state index contributed by atoms with van der Waals surface area (Å²) in [7, 11) is 4.73. The highest BCUT2D eigenvalue weighted by molar-refractivity contribution is 7.81. The van der Waals surface area contributed by atoms with Crippen LogP contribution in [0.15, 0.2) is 69.7 Å². The Balaban J connectivity index is 1.09. The van der Waals surface area contributed by atoms with Gasteiger partial charge in [0, 0.05) is 81.3 Å². The predicted molar refractivity (Wildman–Crippen MR) is 260 cm³/mol. The number of aliphatic imine (C=N–C) groups is 2. The number of carbonyl (C=O) groups excluding carboxylic acids is 2. The lowest BCUT2D eigenvalue weighted by Crippen LogP contribution is -2.39. The Kier molecular flexibility index (Phi) is 17.0. The molecule has 4 aliphatic rings. The van der Waals surface area contributed by atoms with E-state index in [-0.39, 0.29) is 41.9 Å². The molecule has 0 radical (unpaired) electrons. The van der Waals surface area contributed by atoms with Crippen LogP contribution in [0.4, 0.5) is 11.4 Å². The lowest BCUT2D eigenvalue weighted by Gasteiger charge is -2.29. The Hall–Kier alpha value is -5.46. The summed E-state index contributed by atoms with van der Waals surface area (Å²) in [5.74, 6) is 1.99. The van der Waals surface area contributed by atoms with Gasteiger partial charge >= 0.3 is 0 Å². The first-order valence-corrected chi connectivity index (χ1v) is 23.2. The van der Waals surface area contributed by atoms with Crippen LogP contribution in [0.3, 0.4) is 0 Å². The average Bonchev–Trinajstić information content (AvgIpc) is 3.89. The van der Waals surface area contributed by atoms with E-state index in [2.05, 4.69) is 30.9 Å². The van der Waals surface area contributed by atoms with Crippen molar-refractivity contribution in [2.45, 2.75) is 70.6 Å². The van der Waals surface area contributed by atoms with E-state index in [1.54, 1.807) is 45.6 Å².